The maximum atomic E-state index is 12.5. The summed E-state index contributed by atoms with van der Waals surface area (Å²) < 4.78 is 21.4. The zero-order valence-electron chi connectivity index (χ0n) is 25.3. The Bertz CT molecular complexity index is 1260. The van der Waals surface area contributed by atoms with E-state index in [1.165, 1.54) is 19.3 Å². The number of carbonyl (C=O) groups is 1. The first kappa shape index (κ1) is 34.9. The van der Waals surface area contributed by atoms with Gasteiger partial charge >= 0.3 is 0 Å². The van der Waals surface area contributed by atoms with E-state index in [9.17, 15) is 34.8 Å². The predicted octanol–water partition coefficient (Wildman–Crippen LogP) is 0.131. The molecule has 250 valence electrons. The number of hydrogen-bond donors (Lipinski definition) is 7. The summed E-state index contributed by atoms with van der Waals surface area (Å²) in [7, 11) is 0. The van der Waals surface area contributed by atoms with Gasteiger partial charge in [-0.3, -0.25) is 14.4 Å². The van der Waals surface area contributed by atoms with Gasteiger partial charge in [0.25, 0.3) is 16.8 Å². The number of hydrogen-bond acceptors (Lipinski definition) is 13. The van der Waals surface area contributed by atoms with E-state index in [0.717, 1.165) is 25.7 Å². The van der Waals surface area contributed by atoms with E-state index in [2.05, 4.69) is 16.0 Å². The molecule has 4 rings (SSSR count). The Balaban J connectivity index is 1.08. The van der Waals surface area contributed by atoms with Crippen molar-refractivity contribution >= 4 is 23.0 Å². The molecule has 0 radical (unpaired) electrons. The topological polar surface area (TPSA) is 205 Å². The SMILES string of the molecule is O=C(NCCOCCOCCOC1OC(CO)C(O)C(O)C1O)c1ccc(Nc2c(NC3CCCCCCC3)c(=O)c2=O)cc1. The highest BCUT2D eigenvalue weighted by Gasteiger charge is 2.43. The first-order chi connectivity index (χ1) is 21.8. The Kier molecular flexibility index (Phi) is 13.7. The standard InChI is InChI=1S/C31H45N3O11/c35-18-22-25(36)28(39)29(40)31(45-22)44-17-16-43-15-14-42-13-12-32-30(41)19-8-10-21(11-9-19)34-24-23(26(37)27(24)38)33-20-6-4-2-1-3-5-7-20/h8-11,20,22,25,28-29,31,33-36,39-40H,1-7,12-18H2,(H,32,41). The summed E-state index contributed by atoms with van der Waals surface area (Å²) in [5, 5.41) is 47.8. The molecule has 14 nitrogen and oxygen atoms in total. The Morgan fingerprint density at radius 1 is 0.800 bits per heavy atom. The van der Waals surface area contributed by atoms with Gasteiger partial charge in [0.2, 0.25) is 0 Å². The van der Waals surface area contributed by atoms with Gasteiger partial charge in [0.1, 0.15) is 35.8 Å². The molecule has 2 aliphatic rings. The Morgan fingerprint density at radius 2 is 1.42 bits per heavy atom. The molecule has 2 aromatic rings. The van der Waals surface area contributed by atoms with Gasteiger partial charge < -0.3 is 55.3 Å². The van der Waals surface area contributed by atoms with Crippen LogP contribution in [0.25, 0.3) is 0 Å². The number of aliphatic hydroxyl groups excluding tert-OH is 4. The molecular weight excluding hydrogens is 590 g/mol. The maximum absolute atomic E-state index is 12.5. The Hall–Kier alpha value is -2.95. The molecule has 0 bridgehead atoms. The molecule has 0 aromatic heterocycles. The molecule has 1 aliphatic carbocycles. The minimum Gasteiger partial charge on any atom is -0.394 e. The maximum Gasteiger partial charge on any atom is 0.253 e. The number of aliphatic hydroxyl groups is 4. The van der Waals surface area contributed by atoms with Crippen molar-refractivity contribution in [2.24, 2.45) is 0 Å². The molecule has 5 atom stereocenters. The van der Waals surface area contributed by atoms with Gasteiger partial charge in [0.05, 0.1) is 39.6 Å². The molecule has 1 amide bonds. The van der Waals surface area contributed by atoms with E-state index in [1.807, 2.05) is 0 Å². The van der Waals surface area contributed by atoms with Crippen molar-refractivity contribution in [3.8, 4) is 0 Å². The smallest absolute Gasteiger partial charge is 0.253 e. The average molecular weight is 636 g/mol. The van der Waals surface area contributed by atoms with E-state index >= 15 is 0 Å². The lowest BCUT2D eigenvalue weighted by Gasteiger charge is -2.39. The van der Waals surface area contributed by atoms with Gasteiger partial charge in [-0.2, -0.15) is 0 Å². The summed E-state index contributed by atoms with van der Waals surface area (Å²) in [5.74, 6) is -0.285. The molecule has 1 saturated carbocycles. The zero-order valence-corrected chi connectivity index (χ0v) is 25.3. The van der Waals surface area contributed by atoms with E-state index < -0.39 is 48.2 Å². The third-order valence-electron chi connectivity index (χ3n) is 8.04. The van der Waals surface area contributed by atoms with E-state index in [4.69, 9.17) is 18.9 Å². The zero-order chi connectivity index (χ0) is 32.2. The van der Waals surface area contributed by atoms with Crippen molar-refractivity contribution < 1.29 is 44.2 Å². The van der Waals surface area contributed by atoms with Crippen molar-refractivity contribution in [1.29, 1.82) is 0 Å². The van der Waals surface area contributed by atoms with Crippen molar-refractivity contribution in [3.63, 3.8) is 0 Å². The number of benzene rings is 1. The molecule has 45 heavy (non-hydrogen) atoms. The number of rotatable bonds is 16. The molecule has 1 heterocycles. The molecule has 5 unspecified atom stereocenters. The molecular formula is C31H45N3O11. The largest absolute Gasteiger partial charge is 0.394 e. The van der Waals surface area contributed by atoms with Crippen LogP contribution in [0.3, 0.4) is 0 Å². The summed E-state index contributed by atoms with van der Waals surface area (Å²) in [6, 6.07) is 6.81. The van der Waals surface area contributed by atoms with Crippen LogP contribution in [0.5, 0.6) is 0 Å². The van der Waals surface area contributed by atoms with Crippen molar-refractivity contribution in [3.05, 3.63) is 50.3 Å². The van der Waals surface area contributed by atoms with E-state index in [1.54, 1.807) is 24.3 Å². The average Bonchev–Trinajstić information content (AvgIpc) is 3.04. The Morgan fingerprint density at radius 3 is 2.11 bits per heavy atom. The highest BCUT2D eigenvalue weighted by Crippen LogP contribution is 2.26. The van der Waals surface area contributed by atoms with Crippen molar-refractivity contribution in [1.82, 2.24) is 5.32 Å². The minimum absolute atomic E-state index is 0.0393. The van der Waals surface area contributed by atoms with Crippen LogP contribution in [0, 0.1) is 0 Å². The first-order valence-corrected chi connectivity index (χ1v) is 15.6. The van der Waals surface area contributed by atoms with Crippen LogP contribution < -0.4 is 26.8 Å². The lowest BCUT2D eigenvalue weighted by atomic mass is 9.96. The molecule has 7 N–H and O–H groups in total. The number of ether oxygens (including phenoxy) is 4. The fourth-order valence-electron chi connectivity index (χ4n) is 5.39. The van der Waals surface area contributed by atoms with Gasteiger partial charge in [-0.05, 0) is 37.1 Å². The van der Waals surface area contributed by atoms with Crippen LogP contribution in [0.4, 0.5) is 17.1 Å². The fourth-order valence-corrected chi connectivity index (χ4v) is 5.39. The van der Waals surface area contributed by atoms with Crippen LogP contribution in [0.15, 0.2) is 33.9 Å². The van der Waals surface area contributed by atoms with Crippen molar-refractivity contribution in [2.45, 2.75) is 81.7 Å². The van der Waals surface area contributed by atoms with Crippen LogP contribution in [-0.2, 0) is 18.9 Å². The highest BCUT2D eigenvalue weighted by atomic mass is 16.7. The second-order valence-corrected chi connectivity index (χ2v) is 11.3. The van der Waals surface area contributed by atoms with Crippen LogP contribution >= 0.6 is 0 Å². The molecule has 1 aliphatic heterocycles. The third-order valence-corrected chi connectivity index (χ3v) is 8.04. The fraction of sp³-hybridized carbons (Fsp3) is 0.645. The Labute approximate surface area is 261 Å². The lowest BCUT2D eigenvalue weighted by molar-refractivity contribution is -0.302. The van der Waals surface area contributed by atoms with Gasteiger partial charge in [0.15, 0.2) is 6.29 Å². The minimum atomic E-state index is -1.50. The second-order valence-electron chi connectivity index (χ2n) is 11.3. The summed E-state index contributed by atoms with van der Waals surface area (Å²) in [5.41, 5.74) is 0.602. The lowest BCUT2D eigenvalue weighted by Crippen LogP contribution is -2.59. The molecule has 2 fully saturated rings. The predicted molar refractivity (Wildman–Crippen MR) is 164 cm³/mol. The second kappa shape index (κ2) is 17.7. The molecule has 14 heteroatoms. The van der Waals surface area contributed by atoms with Crippen LogP contribution in [0.1, 0.15) is 55.3 Å². The summed E-state index contributed by atoms with van der Waals surface area (Å²) in [6.07, 6.45) is 1.14. The number of amides is 1. The molecule has 2 aromatic carbocycles. The molecule has 0 spiro atoms. The van der Waals surface area contributed by atoms with Crippen LogP contribution in [0.2, 0.25) is 0 Å². The van der Waals surface area contributed by atoms with E-state index in [0.29, 0.717) is 16.9 Å². The van der Waals surface area contributed by atoms with E-state index in [-0.39, 0.29) is 57.2 Å². The van der Waals surface area contributed by atoms with Crippen molar-refractivity contribution in [2.75, 3.05) is 56.8 Å². The molecule has 1 saturated heterocycles. The summed E-state index contributed by atoms with van der Waals surface area (Å²) in [6.45, 7) is 0.717. The number of nitrogens with one attached hydrogen (secondary N) is 3. The van der Waals surface area contributed by atoms with Gasteiger partial charge in [-0.15, -0.1) is 0 Å². The first-order valence-electron chi connectivity index (χ1n) is 15.6. The number of carbonyl (C=O) groups excluding carboxylic acids is 1. The van der Waals surface area contributed by atoms with Crippen LogP contribution in [-0.4, -0.2) is 109 Å². The van der Waals surface area contributed by atoms with Gasteiger partial charge in [-0.25, -0.2) is 0 Å². The monoisotopic (exact) mass is 635 g/mol. The summed E-state index contributed by atoms with van der Waals surface area (Å²) >= 11 is 0. The third kappa shape index (κ3) is 9.77. The normalized spacial score (nSPS) is 24.6. The number of anilines is 3. The highest BCUT2D eigenvalue weighted by molar-refractivity contribution is 5.94. The van der Waals surface area contributed by atoms with Gasteiger partial charge in [0, 0.05) is 23.8 Å². The summed E-state index contributed by atoms with van der Waals surface area (Å²) in [4.78, 5) is 37.0. The quantitative estimate of drug-likeness (QED) is 0.0969. The van der Waals surface area contributed by atoms with Gasteiger partial charge in [-0.1, -0.05) is 32.1 Å².